The van der Waals surface area contributed by atoms with Crippen LogP contribution in [-0.4, -0.2) is 32.6 Å². The number of amides is 2. The van der Waals surface area contributed by atoms with Crippen molar-refractivity contribution in [2.75, 3.05) is 11.9 Å². The van der Waals surface area contributed by atoms with Gasteiger partial charge in [-0.25, -0.2) is 0 Å². The van der Waals surface area contributed by atoms with Crippen molar-refractivity contribution in [3.05, 3.63) is 64.8 Å². The van der Waals surface area contributed by atoms with Gasteiger partial charge in [-0.2, -0.15) is 0 Å². The Morgan fingerprint density at radius 2 is 2.07 bits per heavy atom. The van der Waals surface area contributed by atoms with Crippen molar-refractivity contribution in [1.82, 2.24) is 9.88 Å². The topological polar surface area (TPSA) is 62.3 Å². The number of aryl methyl sites for hydroxylation is 1. The van der Waals surface area contributed by atoms with Gasteiger partial charge in [-0.05, 0) is 37.1 Å². The molecule has 1 aliphatic rings. The van der Waals surface area contributed by atoms with E-state index in [9.17, 15) is 9.59 Å². The molecule has 1 N–H and O–H groups in total. The van der Waals surface area contributed by atoms with E-state index in [0.717, 1.165) is 5.56 Å². The molecule has 2 aromatic rings. The molecule has 1 saturated heterocycles. The Balaban J connectivity index is 1.53. The SMILES string of the molecule is Cc1ccc(/C=C2/SC(=S)N(CCCC(=O)Nc3cccnc3)C2=O)cc1. The van der Waals surface area contributed by atoms with E-state index < -0.39 is 0 Å². The Kier molecular flexibility index (Phi) is 6.36. The van der Waals surface area contributed by atoms with Crippen LogP contribution < -0.4 is 5.32 Å². The van der Waals surface area contributed by atoms with Gasteiger partial charge < -0.3 is 5.32 Å². The summed E-state index contributed by atoms with van der Waals surface area (Å²) in [5.74, 6) is -0.207. The van der Waals surface area contributed by atoms with E-state index in [1.54, 1.807) is 29.4 Å². The number of thiocarbonyl (C=S) groups is 1. The lowest BCUT2D eigenvalue weighted by molar-refractivity contribution is -0.122. The summed E-state index contributed by atoms with van der Waals surface area (Å²) in [5.41, 5.74) is 2.80. The summed E-state index contributed by atoms with van der Waals surface area (Å²) in [6.07, 6.45) is 5.94. The summed E-state index contributed by atoms with van der Waals surface area (Å²) in [6.45, 7) is 2.45. The minimum atomic E-state index is -0.108. The number of pyridine rings is 1. The number of carbonyl (C=O) groups is 2. The quantitative estimate of drug-likeness (QED) is 0.589. The molecule has 138 valence electrons. The van der Waals surface area contributed by atoms with Gasteiger partial charge in [0.25, 0.3) is 5.91 Å². The lowest BCUT2D eigenvalue weighted by Crippen LogP contribution is -2.29. The predicted molar refractivity (Wildman–Crippen MR) is 113 cm³/mol. The second kappa shape index (κ2) is 8.92. The molecule has 2 heterocycles. The lowest BCUT2D eigenvalue weighted by atomic mass is 10.1. The fourth-order valence-electron chi connectivity index (χ4n) is 2.56. The third-order valence-corrected chi connectivity index (χ3v) is 5.36. The molecule has 0 bridgehead atoms. The van der Waals surface area contributed by atoms with E-state index in [-0.39, 0.29) is 11.8 Å². The minimum Gasteiger partial charge on any atom is -0.325 e. The predicted octanol–water partition coefficient (Wildman–Crippen LogP) is 4.01. The van der Waals surface area contributed by atoms with E-state index in [4.69, 9.17) is 12.2 Å². The monoisotopic (exact) mass is 397 g/mol. The highest BCUT2D eigenvalue weighted by atomic mass is 32.2. The molecule has 1 aromatic carbocycles. The molecule has 5 nitrogen and oxygen atoms in total. The van der Waals surface area contributed by atoms with E-state index in [0.29, 0.717) is 34.3 Å². The number of aromatic nitrogens is 1. The number of carbonyl (C=O) groups excluding carboxylic acids is 2. The molecule has 0 unspecified atom stereocenters. The first kappa shape index (κ1) is 19.3. The molecule has 2 amide bonds. The van der Waals surface area contributed by atoms with Crippen LogP contribution in [-0.2, 0) is 9.59 Å². The molecule has 0 spiro atoms. The van der Waals surface area contributed by atoms with E-state index in [2.05, 4.69) is 10.3 Å². The van der Waals surface area contributed by atoms with Gasteiger partial charge in [-0.15, -0.1) is 0 Å². The number of nitrogens with zero attached hydrogens (tertiary/aromatic N) is 2. The van der Waals surface area contributed by atoms with E-state index >= 15 is 0 Å². The van der Waals surface area contributed by atoms with Crippen LogP contribution in [0.1, 0.15) is 24.0 Å². The second-order valence-corrected chi connectivity index (χ2v) is 7.81. The van der Waals surface area contributed by atoms with Gasteiger partial charge in [-0.3, -0.25) is 19.5 Å². The first-order valence-electron chi connectivity index (χ1n) is 8.55. The van der Waals surface area contributed by atoms with Gasteiger partial charge in [0.15, 0.2) is 0 Å². The van der Waals surface area contributed by atoms with Crippen LogP contribution in [0.5, 0.6) is 0 Å². The smallest absolute Gasteiger partial charge is 0.266 e. The molecular formula is C20H19N3O2S2. The maximum atomic E-state index is 12.6. The average Bonchev–Trinajstić information content (AvgIpc) is 2.92. The highest BCUT2D eigenvalue weighted by molar-refractivity contribution is 8.26. The molecule has 7 heteroatoms. The average molecular weight is 398 g/mol. The first-order chi connectivity index (χ1) is 13.0. The van der Waals surface area contributed by atoms with Crippen molar-refractivity contribution < 1.29 is 9.59 Å². The fourth-order valence-corrected chi connectivity index (χ4v) is 3.87. The number of hydrogen-bond acceptors (Lipinski definition) is 5. The van der Waals surface area contributed by atoms with Crippen molar-refractivity contribution in [3.8, 4) is 0 Å². The molecule has 0 radical (unpaired) electrons. The second-order valence-electron chi connectivity index (χ2n) is 6.14. The highest BCUT2D eigenvalue weighted by Gasteiger charge is 2.31. The zero-order valence-electron chi connectivity index (χ0n) is 14.8. The number of nitrogens with one attached hydrogen (secondary N) is 1. The number of rotatable bonds is 6. The Morgan fingerprint density at radius 3 is 2.78 bits per heavy atom. The van der Waals surface area contributed by atoms with Gasteiger partial charge in [0.1, 0.15) is 4.32 Å². The van der Waals surface area contributed by atoms with Crippen molar-refractivity contribution >= 4 is 51.9 Å². The van der Waals surface area contributed by atoms with E-state index in [1.807, 2.05) is 37.3 Å². The summed E-state index contributed by atoms with van der Waals surface area (Å²) < 4.78 is 0.533. The highest BCUT2D eigenvalue weighted by Crippen LogP contribution is 2.32. The fraction of sp³-hybridized carbons (Fsp3) is 0.200. The van der Waals surface area contributed by atoms with Crippen LogP contribution in [0, 0.1) is 6.92 Å². The normalized spacial score (nSPS) is 15.4. The van der Waals surface area contributed by atoms with E-state index in [1.165, 1.54) is 17.3 Å². The third-order valence-electron chi connectivity index (χ3n) is 3.98. The zero-order chi connectivity index (χ0) is 19.2. The summed E-state index contributed by atoms with van der Waals surface area (Å²) in [5, 5.41) is 2.78. The standard InChI is InChI=1S/C20H19N3O2S2/c1-14-6-8-15(9-7-14)12-17-19(25)23(20(26)27-17)11-3-5-18(24)22-16-4-2-10-21-13-16/h2,4,6-10,12-13H,3,5,11H2,1H3,(H,22,24)/b17-12+. The first-order valence-corrected chi connectivity index (χ1v) is 9.77. The summed E-state index contributed by atoms with van der Waals surface area (Å²) >= 11 is 6.64. The van der Waals surface area contributed by atoms with Crippen LogP contribution in [0.2, 0.25) is 0 Å². The Morgan fingerprint density at radius 1 is 1.30 bits per heavy atom. The number of hydrogen-bond donors (Lipinski definition) is 1. The van der Waals surface area contributed by atoms with Gasteiger partial charge in [0.2, 0.25) is 5.91 Å². The van der Waals surface area contributed by atoms with Crippen LogP contribution in [0.4, 0.5) is 5.69 Å². The van der Waals surface area contributed by atoms with Crippen molar-refractivity contribution in [3.63, 3.8) is 0 Å². The maximum Gasteiger partial charge on any atom is 0.266 e. The number of benzene rings is 1. The van der Waals surface area contributed by atoms with Crippen molar-refractivity contribution in [2.24, 2.45) is 0 Å². The molecule has 3 rings (SSSR count). The van der Waals surface area contributed by atoms with Gasteiger partial charge >= 0.3 is 0 Å². The Bertz CT molecular complexity index is 880. The molecule has 1 aliphatic heterocycles. The van der Waals surface area contributed by atoms with Crippen LogP contribution in [0.3, 0.4) is 0 Å². The van der Waals surface area contributed by atoms with Gasteiger partial charge in [0, 0.05) is 19.2 Å². The summed E-state index contributed by atoms with van der Waals surface area (Å²) in [6, 6.07) is 11.5. The lowest BCUT2D eigenvalue weighted by Gasteiger charge is -2.14. The van der Waals surface area contributed by atoms with Gasteiger partial charge in [0.05, 0.1) is 16.8 Å². The minimum absolute atomic E-state index is 0.0988. The van der Waals surface area contributed by atoms with Crippen LogP contribution >= 0.6 is 24.0 Å². The molecule has 0 aliphatic carbocycles. The van der Waals surface area contributed by atoms with Crippen LogP contribution in [0.15, 0.2) is 53.7 Å². The van der Waals surface area contributed by atoms with Crippen molar-refractivity contribution in [1.29, 1.82) is 0 Å². The molecule has 1 aromatic heterocycles. The molecule has 0 atom stereocenters. The molecular weight excluding hydrogens is 378 g/mol. The largest absolute Gasteiger partial charge is 0.325 e. The van der Waals surface area contributed by atoms with Crippen molar-refractivity contribution in [2.45, 2.75) is 19.8 Å². The Hall–Kier alpha value is -2.51. The molecule has 1 fully saturated rings. The molecule has 0 saturated carbocycles. The zero-order valence-corrected chi connectivity index (χ0v) is 16.5. The molecule has 27 heavy (non-hydrogen) atoms. The summed E-state index contributed by atoms with van der Waals surface area (Å²) in [4.78, 5) is 30.7. The van der Waals surface area contributed by atoms with Crippen LogP contribution in [0.25, 0.3) is 6.08 Å². The maximum absolute atomic E-state index is 12.6. The summed E-state index contributed by atoms with van der Waals surface area (Å²) in [7, 11) is 0. The number of thioether (sulfide) groups is 1. The Labute approximate surface area is 167 Å². The number of anilines is 1. The third kappa shape index (κ3) is 5.24. The van der Waals surface area contributed by atoms with Gasteiger partial charge in [-0.1, -0.05) is 53.8 Å².